The summed E-state index contributed by atoms with van der Waals surface area (Å²) in [7, 11) is 0. The minimum atomic E-state index is -0.516. The maximum absolute atomic E-state index is 13.5. The molecule has 1 rings (SSSR count). The summed E-state index contributed by atoms with van der Waals surface area (Å²) in [6, 6.07) is 3.15. The average molecular weight is 272 g/mol. The maximum atomic E-state index is 13.5. The zero-order valence-corrected chi connectivity index (χ0v) is 10.4. The van der Waals surface area contributed by atoms with Gasteiger partial charge in [-0.1, -0.05) is 20.8 Å². The van der Waals surface area contributed by atoms with Crippen molar-refractivity contribution in [3.05, 3.63) is 28.0 Å². The number of halogens is 2. The predicted octanol–water partition coefficient (Wildman–Crippen LogP) is 3.85. The monoisotopic (exact) mass is 271 g/mol. The van der Waals surface area contributed by atoms with Crippen LogP contribution >= 0.6 is 15.9 Å². The summed E-state index contributed by atoms with van der Waals surface area (Å²) in [5.41, 5.74) is 0.696. The minimum Gasteiger partial charge on any atom is -0.211 e. The summed E-state index contributed by atoms with van der Waals surface area (Å²) in [4.78, 5) is 13.4. The molecular formula is C11H11BrFNO. The van der Waals surface area contributed by atoms with Crippen LogP contribution in [-0.4, -0.2) is 6.08 Å². The lowest BCUT2D eigenvalue weighted by atomic mass is 9.87. The molecule has 0 aromatic heterocycles. The molecule has 0 unspecified atom stereocenters. The van der Waals surface area contributed by atoms with E-state index in [0.717, 1.165) is 5.56 Å². The second-order valence-electron chi connectivity index (χ2n) is 4.24. The van der Waals surface area contributed by atoms with Gasteiger partial charge in [0.25, 0.3) is 0 Å². The van der Waals surface area contributed by atoms with Gasteiger partial charge in [0.15, 0.2) is 5.82 Å². The number of hydrogen-bond acceptors (Lipinski definition) is 2. The van der Waals surface area contributed by atoms with Gasteiger partial charge in [-0.05, 0) is 39.0 Å². The van der Waals surface area contributed by atoms with E-state index in [4.69, 9.17) is 0 Å². The molecule has 0 aliphatic heterocycles. The lowest BCUT2D eigenvalue weighted by Crippen LogP contribution is -2.11. The summed E-state index contributed by atoms with van der Waals surface area (Å²) < 4.78 is 14.0. The van der Waals surface area contributed by atoms with E-state index in [0.29, 0.717) is 4.47 Å². The normalized spacial score (nSPS) is 11.0. The number of carbonyl (C=O) groups excluding carboxylic acids is 1. The molecule has 0 saturated heterocycles. The van der Waals surface area contributed by atoms with E-state index in [9.17, 15) is 9.18 Å². The summed E-state index contributed by atoms with van der Waals surface area (Å²) >= 11 is 3.18. The van der Waals surface area contributed by atoms with Crippen LogP contribution in [0.2, 0.25) is 0 Å². The quantitative estimate of drug-likeness (QED) is 0.564. The third-order valence-electron chi connectivity index (χ3n) is 2.04. The Morgan fingerprint density at radius 2 is 2.00 bits per heavy atom. The molecule has 2 nitrogen and oxygen atoms in total. The Morgan fingerprint density at radius 3 is 2.40 bits per heavy atom. The fourth-order valence-corrected chi connectivity index (χ4v) is 1.68. The molecule has 4 heteroatoms. The molecule has 0 N–H and O–H groups in total. The third-order valence-corrected chi connectivity index (χ3v) is 2.64. The Morgan fingerprint density at radius 1 is 1.40 bits per heavy atom. The highest BCUT2D eigenvalue weighted by atomic mass is 79.9. The SMILES string of the molecule is CC(C)(C)c1cc(F)c(N=C=O)c(Br)c1. The van der Waals surface area contributed by atoms with Crippen LogP contribution in [0.15, 0.2) is 21.6 Å². The van der Waals surface area contributed by atoms with Crippen molar-refractivity contribution < 1.29 is 9.18 Å². The first-order valence-corrected chi connectivity index (χ1v) is 5.23. The fourth-order valence-electron chi connectivity index (χ4n) is 1.15. The van der Waals surface area contributed by atoms with E-state index in [1.54, 1.807) is 6.07 Å². The molecule has 80 valence electrons. The summed E-state index contributed by atoms with van der Waals surface area (Å²) in [6.07, 6.45) is 1.33. The van der Waals surface area contributed by atoms with Crippen LogP contribution in [0.3, 0.4) is 0 Å². The van der Waals surface area contributed by atoms with E-state index in [-0.39, 0.29) is 11.1 Å². The molecule has 0 heterocycles. The van der Waals surface area contributed by atoms with E-state index in [1.165, 1.54) is 12.1 Å². The van der Waals surface area contributed by atoms with E-state index in [2.05, 4.69) is 20.9 Å². The van der Waals surface area contributed by atoms with E-state index < -0.39 is 5.82 Å². The van der Waals surface area contributed by atoms with Crippen molar-refractivity contribution in [3.8, 4) is 0 Å². The molecule has 0 bridgehead atoms. The highest BCUT2D eigenvalue weighted by molar-refractivity contribution is 9.10. The van der Waals surface area contributed by atoms with E-state index >= 15 is 0 Å². The number of benzene rings is 1. The van der Waals surface area contributed by atoms with Gasteiger partial charge in [-0.25, -0.2) is 9.18 Å². The van der Waals surface area contributed by atoms with E-state index in [1.807, 2.05) is 20.8 Å². The molecule has 0 fully saturated rings. The molecule has 15 heavy (non-hydrogen) atoms. The second-order valence-corrected chi connectivity index (χ2v) is 5.10. The highest BCUT2D eigenvalue weighted by Crippen LogP contribution is 2.33. The lowest BCUT2D eigenvalue weighted by Gasteiger charge is -2.19. The number of aliphatic imine (C=N–C) groups is 1. The van der Waals surface area contributed by atoms with Crippen LogP contribution < -0.4 is 0 Å². The van der Waals surface area contributed by atoms with Crippen molar-refractivity contribution in [1.82, 2.24) is 0 Å². The van der Waals surface area contributed by atoms with Crippen LogP contribution in [-0.2, 0) is 10.2 Å². The van der Waals surface area contributed by atoms with Crippen LogP contribution in [0, 0.1) is 5.82 Å². The first-order chi connectivity index (χ1) is 6.86. The number of hydrogen-bond donors (Lipinski definition) is 0. The van der Waals surface area contributed by atoms with Crippen molar-refractivity contribution in [1.29, 1.82) is 0 Å². The van der Waals surface area contributed by atoms with Gasteiger partial charge in [0.1, 0.15) is 5.69 Å². The summed E-state index contributed by atoms with van der Waals surface area (Å²) in [5.74, 6) is -0.516. The van der Waals surface area contributed by atoms with Crippen LogP contribution in [0.4, 0.5) is 10.1 Å². The van der Waals surface area contributed by atoms with Gasteiger partial charge in [0.05, 0.1) is 0 Å². The Balaban J connectivity index is 3.38. The van der Waals surface area contributed by atoms with Crippen molar-refractivity contribution in [2.75, 3.05) is 0 Å². The van der Waals surface area contributed by atoms with Gasteiger partial charge < -0.3 is 0 Å². The largest absolute Gasteiger partial charge is 0.240 e. The topological polar surface area (TPSA) is 29.4 Å². The Bertz CT molecular complexity index is 408. The molecule has 0 aliphatic rings. The van der Waals surface area contributed by atoms with Gasteiger partial charge in [0, 0.05) is 4.47 Å². The Hall–Kier alpha value is -0.990. The Labute approximate surface area is 96.3 Å². The number of isocyanates is 1. The fraction of sp³-hybridized carbons (Fsp3) is 0.364. The standard InChI is InChI=1S/C11H11BrFNO/c1-11(2,3)7-4-8(12)10(14-6-15)9(13)5-7/h4-5H,1-3H3. The maximum Gasteiger partial charge on any atom is 0.240 e. The lowest BCUT2D eigenvalue weighted by molar-refractivity contribution is 0.562. The van der Waals surface area contributed by atoms with Gasteiger partial charge in [0.2, 0.25) is 6.08 Å². The van der Waals surface area contributed by atoms with Crippen molar-refractivity contribution in [2.24, 2.45) is 4.99 Å². The Kier molecular flexibility index (Phi) is 3.42. The van der Waals surface area contributed by atoms with Crippen molar-refractivity contribution in [2.45, 2.75) is 26.2 Å². The smallest absolute Gasteiger partial charge is 0.211 e. The molecule has 0 spiro atoms. The summed E-state index contributed by atoms with van der Waals surface area (Å²) in [5, 5.41) is 0. The molecular weight excluding hydrogens is 261 g/mol. The molecule has 1 aromatic rings. The first kappa shape index (κ1) is 12.1. The zero-order valence-electron chi connectivity index (χ0n) is 8.77. The highest BCUT2D eigenvalue weighted by Gasteiger charge is 2.18. The van der Waals surface area contributed by atoms with Gasteiger partial charge in [-0.3, -0.25) is 0 Å². The molecule has 0 saturated carbocycles. The molecule has 0 aliphatic carbocycles. The summed E-state index contributed by atoms with van der Waals surface area (Å²) in [6.45, 7) is 5.95. The molecule has 0 amide bonds. The van der Waals surface area contributed by atoms with Gasteiger partial charge >= 0.3 is 0 Å². The molecule has 0 radical (unpaired) electrons. The van der Waals surface area contributed by atoms with Crippen LogP contribution in [0.1, 0.15) is 26.3 Å². The van der Waals surface area contributed by atoms with Gasteiger partial charge in [-0.2, -0.15) is 4.99 Å². The van der Waals surface area contributed by atoms with Crippen molar-refractivity contribution in [3.63, 3.8) is 0 Å². The van der Waals surface area contributed by atoms with Crippen LogP contribution in [0.25, 0.3) is 0 Å². The number of nitrogens with zero attached hydrogens (tertiary/aromatic N) is 1. The first-order valence-electron chi connectivity index (χ1n) is 4.43. The van der Waals surface area contributed by atoms with Crippen LogP contribution in [0.5, 0.6) is 0 Å². The molecule has 1 aromatic carbocycles. The van der Waals surface area contributed by atoms with Gasteiger partial charge in [-0.15, -0.1) is 0 Å². The second kappa shape index (κ2) is 4.25. The zero-order chi connectivity index (χ0) is 11.6. The number of rotatable bonds is 1. The third kappa shape index (κ3) is 2.74. The minimum absolute atomic E-state index is 0.00185. The average Bonchev–Trinajstić information content (AvgIpc) is 2.09. The predicted molar refractivity (Wildman–Crippen MR) is 60.6 cm³/mol. The molecule has 0 atom stereocenters. The van der Waals surface area contributed by atoms with Crippen molar-refractivity contribution >= 4 is 27.7 Å².